The Bertz CT molecular complexity index is 3290. The molecule has 0 fully saturated rings. The van der Waals surface area contributed by atoms with Crippen LogP contribution in [0.25, 0.3) is 0 Å². The number of hydrogen-bond donors (Lipinski definition) is 30. The average molecular weight is 1970 g/mol. The van der Waals surface area contributed by atoms with E-state index in [2.05, 4.69) is 63.8 Å². The van der Waals surface area contributed by atoms with E-state index in [1.165, 1.54) is 20.8 Å². The number of rotatable bonds is 87. The quantitative estimate of drug-likeness (QED) is 0.0255. The van der Waals surface area contributed by atoms with Gasteiger partial charge in [0.1, 0.15) is 24.2 Å². The van der Waals surface area contributed by atoms with Gasteiger partial charge in [0.05, 0.1) is 66.5 Å². The van der Waals surface area contributed by atoms with Gasteiger partial charge in [0, 0.05) is 32.7 Å². The molecule has 0 saturated carbocycles. The highest BCUT2D eigenvalue weighted by molar-refractivity contribution is 5.95. The van der Waals surface area contributed by atoms with Crippen molar-refractivity contribution < 1.29 is 71.9 Å². The molecule has 0 aliphatic heterocycles. The SMILES string of the molecule is CC(=O)C(CCCCNC(=O)C(CCCCN)NC(=O)C(N)CCCCN)NC(=O)C(CCCCN)NC(=O)C(N)CCCCN.CC(=O)C(CCCCNC(=O)C(CCCCNC(=O)C(N)CCCCN)NC(=O)C(N)CCCCN)NC(=O)C(CCCCNC(=O)C(N)CCCCN)NC(=O)C(N)CCCCN.CC(=O)C(CCCCNC(=O)C(N)CCCCN)NC(=O)C(N)CCCCN. The molecule has 0 aromatic heterocycles. The maximum Gasteiger partial charge on any atom is 0.243 e. The zero-order chi connectivity index (χ0) is 104. The van der Waals surface area contributed by atoms with Gasteiger partial charge in [-0.3, -0.25) is 71.9 Å². The van der Waals surface area contributed by atoms with Crippen molar-refractivity contribution in [3.63, 3.8) is 0 Å². The molecule has 0 bridgehead atoms. The van der Waals surface area contributed by atoms with Gasteiger partial charge < -0.3 is 167 Å². The monoisotopic (exact) mass is 1970 g/mol. The highest BCUT2D eigenvalue weighted by Gasteiger charge is 2.32. The van der Waals surface area contributed by atoms with Crippen molar-refractivity contribution in [1.29, 1.82) is 0 Å². The Kier molecular flexibility index (Phi) is 86.5. The van der Waals surface area contributed by atoms with Crippen molar-refractivity contribution in [3.8, 4) is 0 Å². The fourth-order valence-corrected chi connectivity index (χ4v) is 14.3. The molecule has 48 N–H and O–H groups in total. The lowest BCUT2D eigenvalue weighted by molar-refractivity contribution is -0.131. The standard InChI is InChI=1S/C43H88N14O7.C31H64N10O5.C19H40N6O3/c1-30(58)35(55-43(64)37(57-41(62)34(51)19-5-12-26-47)22-8-15-28-53-39(60)32(49)17-3-10-24-45)20-6-13-29-54-42(63)36(56-40(61)33(50)18-4-11-25-46)21-7-14-27-52-38(59)31(48)16-2-9-23-44;1-22(42)25(39-31(46)27(16-5-10-20-35)41-29(44)24(37)13-3-8-18-33)14-6-11-21-38-30(45)26(15-4-9-19-34)40-28(43)23(36)12-2-7-17-32;1-14(26)17(25-19(28)16(23)9-3-6-12-21)10-4-7-13-24-18(27)15(22)8-2-5-11-20/h31-37H,2-29,44-51H2,1H3,(H,52,59)(H,53,60)(H,54,63)(H,55,64)(H,56,61)(H,57,62);23-27H,2-21,32-37H2,1H3,(H,38,45)(H,39,46)(H,40,43)(H,41,44);15-17H,2-13,20-23H2,1H3,(H,24,27)(H,25,28). The minimum atomic E-state index is -0.982. The highest BCUT2D eigenvalue weighted by atomic mass is 16.2. The second kappa shape index (κ2) is 89.1. The molecule has 0 aliphatic rings. The number of carbonyl (C=O) groups is 15. The fraction of sp³-hybridized carbons (Fsp3) is 0.839. The molecule has 804 valence electrons. The van der Waals surface area contributed by atoms with Gasteiger partial charge in [-0.15, -0.1) is 0 Å². The molecule has 15 unspecified atom stereocenters. The van der Waals surface area contributed by atoms with Gasteiger partial charge in [0.2, 0.25) is 70.9 Å². The van der Waals surface area contributed by atoms with Gasteiger partial charge >= 0.3 is 0 Å². The minimum Gasteiger partial charge on any atom is -0.355 e. The number of nitrogens with two attached hydrogens (primary N) is 18. The van der Waals surface area contributed by atoms with E-state index in [4.69, 9.17) is 103 Å². The fourth-order valence-electron chi connectivity index (χ4n) is 14.3. The molecular weight excluding hydrogens is 1780 g/mol. The molecular formula is C93H192N30O15. The maximum absolute atomic E-state index is 13.6. The van der Waals surface area contributed by atoms with Crippen LogP contribution in [0.2, 0.25) is 0 Å². The summed E-state index contributed by atoms with van der Waals surface area (Å²) in [6, 6.07) is -11.1. The molecule has 12 amide bonds. The summed E-state index contributed by atoms with van der Waals surface area (Å²) in [5.41, 5.74) is 103. The molecule has 0 saturated heterocycles. The van der Waals surface area contributed by atoms with E-state index < -0.39 is 126 Å². The lowest BCUT2D eigenvalue weighted by atomic mass is 10.0. The number of unbranched alkanes of at least 4 members (excludes halogenated alkanes) is 15. The second-order valence-electron chi connectivity index (χ2n) is 35.9. The van der Waals surface area contributed by atoms with E-state index in [9.17, 15) is 71.9 Å². The second-order valence-corrected chi connectivity index (χ2v) is 35.9. The van der Waals surface area contributed by atoms with Crippen LogP contribution in [-0.4, -0.2) is 277 Å². The molecule has 45 nitrogen and oxygen atoms in total. The smallest absolute Gasteiger partial charge is 0.243 e. The first-order chi connectivity index (χ1) is 66.0. The van der Waals surface area contributed by atoms with E-state index in [0.717, 1.165) is 83.5 Å². The third kappa shape index (κ3) is 71.4. The number of hydrogen-bond acceptors (Lipinski definition) is 33. The summed E-state index contributed by atoms with van der Waals surface area (Å²) < 4.78 is 0. The van der Waals surface area contributed by atoms with Crippen LogP contribution >= 0.6 is 0 Å². The third-order valence-corrected chi connectivity index (χ3v) is 23.4. The molecule has 15 atom stereocenters. The molecule has 0 heterocycles. The predicted molar refractivity (Wildman–Crippen MR) is 543 cm³/mol. The predicted octanol–water partition coefficient (Wildman–Crippen LogP) is -4.54. The maximum atomic E-state index is 13.6. The number of carbonyl (C=O) groups excluding carboxylic acids is 15. The molecule has 0 aliphatic carbocycles. The summed E-state index contributed by atoms with van der Waals surface area (Å²) in [5.74, 6) is -5.03. The van der Waals surface area contributed by atoms with Crippen LogP contribution in [0, 0.1) is 0 Å². The normalized spacial score (nSPS) is 14.4. The topological polar surface area (TPSA) is 869 Å². The average Bonchev–Trinajstić information content (AvgIpc) is 0.888. The van der Waals surface area contributed by atoms with Crippen LogP contribution in [0.4, 0.5) is 0 Å². The first-order valence-electron chi connectivity index (χ1n) is 51.1. The summed E-state index contributed by atoms with van der Waals surface area (Å²) in [6.07, 6.45) is 26.7. The molecule has 138 heavy (non-hydrogen) atoms. The van der Waals surface area contributed by atoms with Gasteiger partial charge in [0.15, 0.2) is 17.3 Å². The lowest BCUT2D eigenvalue weighted by Gasteiger charge is -2.24. The van der Waals surface area contributed by atoms with Crippen molar-refractivity contribution in [1.82, 2.24) is 63.8 Å². The largest absolute Gasteiger partial charge is 0.355 e. The van der Waals surface area contributed by atoms with Crippen molar-refractivity contribution >= 4 is 88.2 Å². The number of amides is 12. The Morgan fingerprint density at radius 2 is 0.275 bits per heavy atom. The van der Waals surface area contributed by atoms with E-state index in [-0.39, 0.29) is 72.2 Å². The van der Waals surface area contributed by atoms with Gasteiger partial charge in [0.25, 0.3) is 0 Å². The Balaban J connectivity index is -0.00000214. The summed E-state index contributed by atoms with van der Waals surface area (Å²) in [5, 5.41) is 33.5. The van der Waals surface area contributed by atoms with Gasteiger partial charge in [-0.1, -0.05) is 51.4 Å². The van der Waals surface area contributed by atoms with Crippen LogP contribution in [0.1, 0.15) is 310 Å². The first kappa shape index (κ1) is 134. The Labute approximate surface area is 821 Å². The van der Waals surface area contributed by atoms with Crippen LogP contribution in [-0.2, 0) is 71.9 Å². The molecule has 0 aromatic carbocycles. The zero-order valence-electron chi connectivity index (χ0n) is 84.1. The van der Waals surface area contributed by atoms with Gasteiger partial charge in [-0.2, -0.15) is 0 Å². The summed E-state index contributed by atoms with van der Waals surface area (Å²) in [7, 11) is 0. The Morgan fingerprint density at radius 3 is 0.442 bits per heavy atom. The van der Waals surface area contributed by atoms with Crippen molar-refractivity contribution in [2.45, 2.75) is 400 Å². The van der Waals surface area contributed by atoms with E-state index in [0.29, 0.717) is 284 Å². The summed E-state index contributed by atoms with van der Waals surface area (Å²) in [6.45, 7) is 11.1. The van der Waals surface area contributed by atoms with Crippen molar-refractivity contribution in [2.75, 3.05) is 98.2 Å². The van der Waals surface area contributed by atoms with Crippen LogP contribution in [0.3, 0.4) is 0 Å². The summed E-state index contributed by atoms with van der Waals surface area (Å²) in [4.78, 5) is 190. The molecule has 0 aromatic rings. The van der Waals surface area contributed by atoms with E-state index >= 15 is 0 Å². The Hall–Kier alpha value is -8.07. The van der Waals surface area contributed by atoms with Crippen molar-refractivity contribution in [2.24, 2.45) is 103 Å². The number of Topliss-reactive ketones (excluding diaryl/α,β-unsaturated/α-hetero) is 3. The molecule has 0 spiro atoms. The minimum absolute atomic E-state index is 0.103. The van der Waals surface area contributed by atoms with E-state index in [1.54, 1.807) is 0 Å². The van der Waals surface area contributed by atoms with Crippen LogP contribution in [0.15, 0.2) is 0 Å². The highest BCUT2D eigenvalue weighted by Crippen LogP contribution is 2.15. The van der Waals surface area contributed by atoms with Gasteiger partial charge in [-0.25, -0.2) is 0 Å². The molecule has 45 heteroatoms. The number of nitrogens with one attached hydrogen (secondary N) is 12. The Morgan fingerprint density at radius 1 is 0.152 bits per heavy atom. The summed E-state index contributed by atoms with van der Waals surface area (Å²) >= 11 is 0. The molecule has 0 radical (unpaired) electrons. The lowest BCUT2D eigenvalue weighted by Crippen LogP contribution is -2.54. The zero-order valence-corrected chi connectivity index (χ0v) is 84.1. The first-order valence-corrected chi connectivity index (χ1v) is 51.1. The molecule has 0 rings (SSSR count). The number of ketones is 3. The van der Waals surface area contributed by atoms with Crippen LogP contribution in [0.5, 0.6) is 0 Å². The van der Waals surface area contributed by atoms with Crippen LogP contribution < -0.4 is 167 Å². The van der Waals surface area contributed by atoms with Crippen molar-refractivity contribution in [3.05, 3.63) is 0 Å². The third-order valence-electron chi connectivity index (χ3n) is 23.4. The van der Waals surface area contributed by atoms with E-state index in [1.807, 2.05) is 0 Å². The van der Waals surface area contributed by atoms with Gasteiger partial charge in [-0.05, 0) is 324 Å².